The summed E-state index contributed by atoms with van der Waals surface area (Å²) >= 11 is 0. The Hall–Kier alpha value is -5.08. The van der Waals surface area contributed by atoms with Gasteiger partial charge >= 0.3 is 0 Å². The van der Waals surface area contributed by atoms with Gasteiger partial charge in [0.1, 0.15) is 0 Å². The van der Waals surface area contributed by atoms with Crippen molar-refractivity contribution in [1.82, 2.24) is 0 Å². The molecule has 4 aliphatic carbocycles. The summed E-state index contributed by atoms with van der Waals surface area (Å²) in [6, 6.07) is 53.5. The van der Waals surface area contributed by atoms with E-state index in [-0.39, 0.29) is 5.41 Å². The molecule has 2 nitrogen and oxygen atoms in total. The Morgan fingerprint density at radius 1 is 0.365 bits per heavy atom. The van der Waals surface area contributed by atoms with Crippen LogP contribution in [0.4, 0.5) is 34.1 Å². The normalized spacial score (nSPS) is 21.2. The van der Waals surface area contributed by atoms with Crippen molar-refractivity contribution in [2.24, 2.45) is 23.7 Å². The van der Waals surface area contributed by atoms with Gasteiger partial charge in [0.2, 0.25) is 0 Å². The first-order chi connectivity index (χ1) is 25.4. The van der Waals surface area contributed by atoms with E-state index in [2.05, 4.69) is 183 Å². The smallest absolute Gasteiger partial charge is 0.0467 e. The molecule has 0 amide bonds. The Morgan fingerprint density at radius 2 is 0.635 bits per heavy atom. The van der Waals surface area contributed by atoms with Gasteiger partial charge in [-0.1, -0.05) is 72.8 Å². The fourth-order valence-corrected chi connectivity index (χ4v) is 11.5. The van der Waals surface area contributed by atoms with Crippen LogP contribution in [0.5, 0.6) is 0 Å². The standard InChI is InChI=1S/C50H50N2/c1-34-25-46(51(42-17-9-5-10-18-42)43-19-11-6-12-20-43)26-35(2)48(34)50(40-30-38-29-39(32-40)33-41(50)31-38)49-36(3)27-47(28-37(49)4)52(44-21-13-7-14-22-44)45-23-15-8-16-24-45/h5-28,38-41H,29-33H2,1-4H3. The average Bonchev–Trinajstić information content (AvgIpc) is 3.15. The topological polar surface area (TPSA) is 6.48 Å². The lowest BCUT2D eigenvalue weighted by Gasteiger charge is -2.63. The van der Waals surface area contributed by atoms with Gasteiger partial charge in [-0.2, -0.15) is 0 Å². The molecular weight excluding hydrogens is 629 g/mol. The number of rotatable bonds is 8. The summed E-state index contributed by atoms with van der Waals surface area (Å²) in [6.45, 7) is 9.66. The van der Waals surface area contributed by atoms with Crippen molar-refractivity contribution in [1.29, 1.82) is 0 Å². The highest BCUT2D eigenvalue weighted by atomic mass is 15.1. The highest BCUT2D eigenvalue weighted by molar-refractivity contribution is 5.80. The van der Waals surface area contributed by atoms with Gasteiger partial charge in [-0.3, -0.25) is 0 Å². The maximum atomic E-state index is 2.50. The quantitative estimate of drug-likeness (QED) is 0.158. The van der Waals surface area contributed by atoms with E-state index in [1.54, 1.807) is 11.1 Å². The van der Waals surface area contributed by atoms with E-state index in [1.165, 1.54) is 88.5 Å². The van der Waals surface area contributed by atoms with Crippen LogP contribution in [0.15, 0.2) is 146 Å². The molecule has 6 aromatic carbocycles. The summed E-state index contributed by atoms with van der Waals surface area (Å²) < 4.78 is 0. The van der Waals surface area contributed by atoms with Crippen LogP contribution in [0.25, 0.3) is 0 Å². The Kier molecular flexibility index (Phi) is 8.30. The zero-order chi connectivity index (χ0) is 35.4. The van der Waals surface area contributed by atoms with Gasteiger partial charge in [0.15, 0.2) is 0 Å². The molecule has 0 unspecified atom stereocenters. The minimum atomic E-state index is 0.00145. The van der Waals surface area contributed by atoms with E-state index in [0.29, 0.717) is 11.8 Å². The summed E-state index contributed by atoms with van der Waals surface area (Å²) in [5, 5.41) is 0. The molecule has 0 atom stereocenters. The molecule has 4 saturated carbocycles. The van der Waals surface area contributed by atoms with Crippen molar-refractivity contribution in [3.8, 4) is 0 Å². The summed E-state index contributed by atoms with van der Waals surface area (Å²) in [6.07, 6.45) is 6.87. The van der Waals surface area contributed by atoms with E-state index in [9.17, 15) is 0 Å². The van der Waals surface area contributed by atoms with Gasteiger partial charge in [0.05, 0.1) is 0 Å². The van der Waals surface area contributed by atoms with Crippen LogP contribution >= 0.6 is 0 Å². The maximum Gasteiger partial charge on any atom is 0.0467 e. The predicted molar refractivity (Wildman–Crippen MR) is 219 cm³/mol. The largest absolute Gasteiger partial charge is 0.310 e. The molecule has 6 aromatic rings. The van der Waals surface area contributed by atoms with Gasteiger partial charge in [-0.05, 0) is 190 Å². The Bertz CT molecular complexity index is 1890. The first kappa shape index (κ1) is 32.8. The second-order valence-corrected chi connectivity index (χ2v) is 16.1. The van der Waals surface area contributed by atoms with E-state index >= 15 is 0 Å². The number of hydrogen-bond donors (Lipinski definition) is 0. The molecule has 260 valence electrons. The molecule has 0 spiro atoms. The zero-order valence-electron chi connectivity index (χ0n) is 31.1. The molecule has 0 radical (unpaired) electrons. The summed E-state index contributed by atoms with van der Waals surface area (Å²) in [5.41, 5.74) is 16.1. The molecule has 0 aromatic heterocycles. The number of aryl methyl sites for hydroxylation is 4. The van der Waals surface area contributed by atoms with Crippen molar-refractivity contribution in [2.45, 2.75) is 65.2 Å². The van der Waals surface area contributed by atoms with E-state index in [0.717, 1.165) is 11.8 Å². The third-order valence-corrected chi connectivity index (χ3v) is 12.9. The van der Waals surface area contributed by atoms with Crippen molar-refractivity contribution in [3.63, 3.8) is 0 Å². The Morgan fingerprint density at radius 3 is 0.904 bits per heavy atom. The van der Waals surface area contributed by atoms with Crippen molar-refractivity contribution in [2.75, 3.05) is 9.80 Å². The molecule has 4 fully saturated rings. The van der Waals surface area contributed by atoms with Gasteiger partial charge in [0.25, 0.3) is 0 Å². The maximum absolute atomic E-state index is 2.50. The summed E-state index contributed by atoms with van der Waals surface area (Å²) in [5.74, 6) is 3.09. The molecule has 4 aliphatic rings. The lowest BCUT2D eigenvalue weighted by molar-refractivity contribution is -0.0428. The SMILES string of the molecule is Cc1cc(N(c2ccccc2)c2ccccc2)cc(C)c1C1(c2c(C)cc(N(c3ccccc3)c3ccccc3)cc2C)C2CC3CC(C2)CC1C3. The fraction of sp³-hybridized carbons (Fsp3) is 0.280. The number of hydrogen-bond acceptors (Lipinski definition) is 2. The lowest BCUT2D eigenvalue weighted by atomic mass is 9.41. The van der Waals surface area contributed by atoms with Crippen LogP contribution in [-0.2, 0) is 5.41 Å². The van der Waals surface area contributed by atoms with Crippen LogP contribution in [0, 0.1) is 51.4 Å². The van der Waals surface area contributed by atoms with Gasteiger partial charge in [0, 0.05) is 39.5 Å². The van der Waals surface area contributed by atoms with Crippen molar-refractivity contribution < 1.29 is 0 Å². The van der Waals surface area contributed by atoms with Crippen LogP contribution < -0.4 is 9.80 Å². The van der Waals surface area contributed by atoms with Crippen LogP contribution in [-0.4, -0.2) is 0 Å². The van der Waals surface area contributed by atoms with E-state index < -0.39 is 0 Å². The van der Waals surface area contributed by atoms with Gasteiger partial charge in [-0.15, -0.1) is 0 Å². The molecule has 0 aliphatic heterocycles. The second kappa shape index (κ2) is 13.2. The van der Waals surface area contributed by atoms with Gasteiger partial charge in [-0.25, -0.2) is 0 Å². The molecule has 4 bridgehead atoms. The number of para-hydroxylation sites is 4. The molecule has 2 heteroatoms. The number of nitrogens with zero attached hydrogens (tertiary/aromatic N) is 2. The number of benzene rings is 6. The lowest BCUT2D eigenvalue weighted by Crippen LogP contribution is -2.57. The fourth-order valence-electron chi connectivity index (χ4n) is 11.5. The third-order valence-electron chi connectivity index (χ3n) is 12.9. The van der Waals surface area contributed by atoms with Crippen molar-refractivity contribution >= 4 is 34.1 Å². The highest BCUT2D eigenvalue weighted by Crippen LogP contribution is 2.67. The molecule has 0 N–H and O–H groups in total. The molecular formula is C50H50N2. The molecule has 0 saturated heterocycles. The molecule has 0 heterocycles. The zero-order valence-corrected chi connectivity index (χ0v) is 31.1. The number of anilines is 6. The Balaban J connectivity index is 1.23. The minimum absolute atomic E-state index is 0.00145. The predicted octanol–water partition coefficient (Wildman–Crippen LogP) is 13.6. The van der Waals surface area contributed by atoms with E-state index in [1.807, 2.05) is 0 Å². The molecule has 10 rings (SSSR count). The first-order valence-electron chi connectivity index (χ1n) is 19.5. The van der Waals surface area contributed by atoms with Gasteiger partial charge < -0.3 is 9.80 Å². The third kappa shape index (κ3) is 5.38. The Labute approximate surface area is 310 Å². The van der Waals surface area contributed by atoms with E-state index in [4.69, 9.17) is 0 Å². The minimum Gasteiger partial charge on any atom is -0.310 e. The van der Waals surface area contributed by atoms with Crippen molar-refractivity contribution in [3.05, 3.63) is 179 Å². The average molecular weight is 679 g/mol. The van der Waals surface area contributed by atoms with Crippen LogP contribution in [0.2, 0.25) is 0 Å². The highest BCUT2D eigenvalue weighted by Gasteiger charge is 2.60. The molecule has 52 heavy (non-hydrogen) atoms. The van der Waals surface area contributed by atoms with Crippen LogP contribution in [0.1, 0.15) is 65.5 Å². The summed E-state index contributed by atoms with van der Waals surface area (Å²) in [7, 11) is 0. The second-order valence-electron chi connectivity index (χ2n) is 16.1. The van der Waals surface area contributed by atoms with Crippen LogP contribution in [0.3, 0.4) is 0 Å². The first-order valence-corrected chi connectivity index (χ1v) is 19.5. The summed E-state index contributed by atoms with van der Waals surface area (Å²) in [4.78, 5) is 4.86. The monoisotopic (exact) mass is 678 g/mol.